The fourth-order valence-electron chi connectivity index (χ4n) is 2.48. The van der Waals surface area contributed by atoms with Crippen molar-refractivity contribution in [1.82, 2.24) is 5.32 Å². The third kappa shape index (κ3) is 3.48. The highest BCUT2D eigenvalue weighted by Crippen LogP contribution is 2.26. The Kier molecular flexibility index (Phi) is 4.61. The van der Waals surface area contributed by atoms with E-state index in [-0.39, 0.29) is 6.04 Å². The lowest BCUT2D eigenvalue weighted by molar-refractivity contribution is 0.720. The molecule has 0 fully saturated rings. The summed E-state index contributed by atoms with van der Waals surface area (Å²) < 4.78 is 0. The molecule has 1 heterocycles. The van der Waals surface area contributed by atoms with Crippen molar-refractivity contribution in [1.29, 1.82) is 0 Å². The van der Waals surface area contributed by atoms with Crippen LogP contribution in [0, 0.1) is 0 Å². The average Bonchev–Trinajstić information content (AvgIpc) is 3.02. The molecule has 2 aromatic rings. The zero-order valence-electron chi connectivity index (χ0n) is 12.2. The molecular weight excluding hydrogens is 276 g/mol. The van der Waals surface area contributed by atoms with E-state index in [1.807, 2.05) is 11.8 Å². The van der Waals surface area contributed by atoms with E-state index in [9.17, 15) is 0 Å². The van der Waals surface area contributed by atoms with Gasteiger partial charge in [0, 0.05) is 5.75 Å². The number of nitrogens with zero attached hydrogens (tertiary/aromatic N) is 1. The van der Waals surface area contributed by atoms with Gasteiger partial charge in [0.25, 0.3) is 0 Å². The molecule has 0 saturated carbocycles. The number of thioether (sulfide) groups is 1. The number of nitrogens with one attached hydrogen (secondary N) is 1. The predicted octanol–water partition coefficient (Wildman–Crippen LogP) is 4.25. The van der Waals surface area contributed by atoms with Gasteiger partial charge in [-0.1, -0.05) is 79.3 Å². The van der Waals surface area contributed by atoms with Crippen LogP contribution in [0.1, 0.15) is 30.5 Å². The predicted molar refractivity (Wildman–Crippen MR) is 91.8 cm³/mol. The van der Waals surface area contributed by atoms with Gasteiger partial charge < -0.3 is 5.32 Å². The molecule has 0 aromatic heterocycles. The minimum Gasteiger partial charge on any atom is -0.354 e. The Bertz CT molecular complexity index is 556. The van der Waals surface area contributed by atoms with Crippen LogP contribution >= 0.6 is 11.8 Å². The molecule has 2 aromatic carbocycles. The third-order valence-electron chi connectivity index (χ3n) is 3.72. The summed E-state index contributed by atoms with van der Waals surface area (Å²) in [6, 6.07) is 21.8. The summed E-state index contributed by atoms with van der Waals surface area (Å²) in [5, 5.41) is 4.69. The monoisotopic (exact) mass is 296 g/mol. The lowest BCUT2D eigenvalue weighted by Gasteiger charge is -2.20. The van der Waals surface area contributed by atoms with Gasteiger partial charge in [0.2, 0.25) is 0 Å². The minimum absolute atomic E-state index is 0.161. The first-order valence-corrected chi connectivity index (χ1v) is 8.42. The summed E-state index contributed by atoms with van der Waals surface area (Å²) in [5.41, 5.74) is 2.54. The van der Waals surface area contributed by atoms with Crippen LogP contribution in [0.5, 0.6) is 0 Å². The Hall–Kier alpha value is -1.74. The Morgan fingerprint density at radius 1 is 1.05 bits per heavy atom. The van der Waals surface area contributed by atoms with Gasteiger partial charge in [0.1, 0.15) is 0 Å². The van der Waals surface area contributed by atoms with E-state index in [1.54, 1.807) is 0 Å². The summed E-state index contributed by atoms with van der Waals surface area (Å²) in [4.78, 5) is 4.77. The van der Waals surface area contributed by atoms with E-state index in [0.29, 0.717) is 6.04 Å². The molecule has 0 spiro atoms. The zero-order valence-corrected chi connectivity index (χ0v) is 13.0. The minimum atomic E-state index is 0.161. The van der Waals surface area contributed by atoms with Crippen LogP contribution in [0.15, 0.2) is 65.7 Å². The van der Waals surface area contributed by atoms with E-state index >= 15 is 0 Å². The Morgan fingerprint density at radius 3 is 2.10 bits per heavy atom. The highest BCUT2D eigenvalue weighted by atomic mass is 32.2. The number of hydrogen-bond acceptors (Lipinski definition) is 3. The molecule has 108 valence electrons. The van der Waals surface area contributed by atoms with Crippen LogP contribution < -0.4 is 5.32 Å². The zero-order chi connectivity index (χ0) is 14.5. The molecule has 0 saturated heterocycles. The van der Waals surface area contributed by atoms with E-state index in [2.05, 4.69) is 72.9 Å². The number of aliphatic imine (C=N–C) groups is 1. The standard InChI is InChI=1S/C18H20N2S/c1-2-16-13-21-18(19-16)20-17(14-9-5-3-6-10-14)15-11-7-4-8-12-15/h3-12,16-17H,2,13H2,1H3,(H,19,20). The molecule has 0 bridgehead atoms. The first kappa shape index (κ1) is 14.2. The maximum atomic E-state index is 4.77. The SMILES string of the molecule is CCC1CSC(NC(c2ccccc2)c2ccccc2)=N1. The average molecular weight is 296 g/mol. The van der Waals surface area contributed by atoms with E-state index in [4.69, 9.17) is 4.99 Å². The number of hydrogen-bond donors (Lipinski definition) is 1. The normalized spacial score (nSPS) is 17.8. The molecule has 1 N–H and O–H groups in total. The molecule has 1 unspecified atom stereocenters. The highest BCUT2D eigenvalue weighted by Gasteiger charge is 2.21. The molecule has 2 nitrogen and oxygen atoms in total. The number of rotatable bonds is 4. The maximum Gasteiger partial charge on any atom is 0.157 e. The summed E-state index contributed by atoms with van der Waals surface area (Å²) in [6.45, 7) is 2.20. The molecule has 1 aliphatic heterocycles. The lowest BCUT2D eigenvalue weighted by atomic mass is 9.99. The molecule has 3 rings (SSSR count). The summed E-state index contributed by atoms with van der Waals surface area (Å²) in [5.74, 6) is 1.09. The van der Waals surface area contributed by atoms with Crippen molar-refractivity contribution in [2.24, 2.45) is 4.99 Å². The van der Waals surface area contributed by atoms with Crippen LogP contribution in [0.2, 0.25) is 0 Å². The van der Waals surface area contributed by atoms with Crippen LogP contribution in [-0.2, 0) is 0 Å². The van der Waals surface area contributed by atoms with E-state index in [0.717, 1.165) is 17.3 Å². The smallest absolute Gasteiger partial charge is 0.157 e. The maximum absolute atomic E-state index is 4.77. The van der Waals surface area contributed by atoms with Crippen molar-refractivity contribution in [3.8, 4) is 0 Å². The van der Waals surface area contributed by atoms with Crippen LogP contribution in [0.25, 0.3) is 0 Å². The number of amidine groups is 1. The van der Waals surface area contributed by atoms with Gasteiger partial charge in [-0.2, -0.15) is 0 Å². The third-order valence-corrected chi connectivity index (χ3v) is 4.77. The summed E-state index contributed by atoms with van der Waals surface area (Å²) in [6.07, 6.45) is 1.11. The first-order chi connectivity index (χ1) is 10.4. The number of benzene rings is 2. The van der Waals surface area contributed by atoms with E-state index < -0.39 is 0 Å². The molecular formula is C18H20N2S. The lowest BCUT2D eigenvalue weighted by Crippen LogP contribution is -2.26. The second-order valence-electron chi connectivity index (χ2n) is 5.21. The van der Waals surface area contributed by atoms with Gasteiger partial charge in [-0.15, -0.1) is 0 Å². The van der Waals surface area contributed by atoms with E-state index in [1.165, 1.54) is 11.1 Å². The van der Waals surface area contributed by atoms with Gasteiger partial charge in [-0.25, -0.2) is 0 Å². The first-order valence-electron chi connectivity index (χ1n) is 7.44. The van der Waals surface area contributed by atoms with Crippen molar-refractivity contribution in [3.05, 3.63) is 71.8 Å². The van der Waals surface area contributed by atoms with Crippen LogP contribution in [-0.4, -0.2) is 17.0 Å². The molecule has 0 amide bonds. The fourth-order valence-corrected chi connectivity index (χ4v) is 3.56. The topological polar surface area (TPSA) is 24.4 Å². The second kappa shape index (κ2) is 6.81. The van der Waals surface area contributed by atoms with Crippen molar-refractivity contribution in [2.45, 2.75) is 25.4 Å². The Balaban J connectivity index is 1.87. The largest absolute Gasteiger partial charge is 0.354 e. The fraction of sp³-hybridized carbons (Fsp3) is 0.278. The molecule has 0 radical (unpaired) electrons. The molecule has 0 aliphatic carbocycles. The molecule has 1 aliphatic rings. The van der Waals surface area contributed by atoms with Crippen molar-refractivity contribution in [3.63, 3.8) is 0 Å². The van der Waals surface area contributed by atoms with Gasteiger partial charge in [0.15, 0.2) is 5.17 Å². The molecule has 1 atom stereocenters. The van der Waals surface area contributed by atoms with Crippen LogP contribution in [0.3, 0.4) is 0 Å². The molecule has 21 heavy (non-hydrogen) atoms. The van der Waals surface area contributed by atoms with Crippen LogP contribution in [0.4, 0.5) is 0 Å². The second-order valence-corrected chi connectivity index (χ2v) is 6.21. The summed E-state index contributed by atoms with van der Waals surface area (Å²) >= 11 is 1.83. The Morgan fingerprint density at radius 2 is 1.62 bits per heavy atom. The van der Waals surface area contributed by atoms with Crippen molar-refractivity contribution >= 4 is 16.9 Å². The quantitative estimate of drug-likeness (QED) is 0.912. The van der Waals surface area contributed by atoms with Crippen molar-refractivity contribution < 1.29 is 0 Å². The summed E-state index contributed by atoms with van der Waals surface area (Å²) in [7, 11) is 0. The van der Waals surface area contributed by atoms with Gasteiger partial charge in [0.05, 0.1) is 12.1 Å². The van der Waals surface area contributed by atoms with Gasteiger partial charge in [-0.3, -0.25) is 4.99 Å². The van der Waals surface area contributed by atoms with Gasteiger partial charge >= 0.3 is 0 Å². The Labute approximate surface area is 130 Å². The van der Waals surface area contributed by atoms with Crippen molar-refractivity contribution in [2.75, 3.05) is 5.75 Å². The van der Waals surface area contributed by atoms with Gasteiger partial charge in [-0.05, 0) is 17.5 Å². The molecule has 3 heteroatoms. The highest BCUT2D eigenvalue weighted by molar-refractivity contribution is 8.14.